The maximum Gasteiger partial charge on any atom is 0.289 e. The molecule has 258 valence electrons. The first-order valence-electron chi connectivity index (χ1n) is 16.8. The topological polar surface area (TPSA) is 115 Å². The van der Waals surface area contributed by atoms with E-state index in [2.05, 4.69) is 46.0 Å². The molecule has 3 aliphatic rings. The lowest BCUT2D eigenvalue weighted by molar-refractivity contribution is -0.0691. The second kappa shape index (κ2) is 12.3. The number of nitrogens with zero attached hydrogens (tertiary/aromatic N) is 6. The Balaban J connectivity index is 1.10. The molecule has 13 heteroatoms. The van der Waals surface area contributed by atoms with Crippen molar-refractivity contribution in [1.82, 2.24) is 24.2 Å². The number of halogens is 1. The third-order valence-corrected chi connectivity index (χ3v) is 11.5. The van der Waals surface area contributed by atoms with Crippen molar-refractivity contribution in [3.05, 3.63) is 91.5 Å². The smallest absolute Gasteiger partial charge is 0.289 e. The Morgan fingerprint density at radius 1 is 1.08 bits per heavy atom. The first kappa shape index (κ1) is 32.5. The number of thiophene rings is 1. The number of aryl methyl sites for hydroxylation is 1. The van der Waals surface area contributed by atoms with Gasteiger partial charge in [0.2, 0.25) is 0 Å². The van der Waals surface area contributed by atoms with Gasteiger partial charge in [0.05, 0.1) is 43.0 Å². The molecule has 8 rings (SSSR count). The summed E-state index contributed by atoms with van der Waals surface area (Å²) in [6, 6.07) is 8.57. The van der Waals surface area contributed by atoms with Crippen molar-refractivity contribution in [3.63, 3.8) is 0 Å². The van der Waals surface area contributed by atoms with Crippen LogP contribution in [0.25, 0.3) is 26.9 Å². The van der Waals surface area contributed by atoms with Crippen molar-refractivity contribution in [1.29, 1.82) is 0 Å². The van der Waals surface area contributed by atoms with Gasteiger partial charge in [0.1, 0.15) is 22.0 Å². The number of nitrogens with one attached hydrogen (secondary N) is 1. The highest BCUT2D eigenvalue weighted by Gasteiger charge is 2.34. The van der Waals surface area contributed by atoms with Crippen molar-refractivity contribution >= 4 is 44.9 Å². The Hall–Kier alpha value is -4.72. The largest absolute Gasteiger partial charge is 0.378 e. The molecule has 11 nitrogen and oxygen atoms in total. The van der Waals surface area contributed by atoms with E-state index in [1.807, 2.05) is 12.1 Å². The Labute approximate surface area is 291 Å². The van der Waals surface area contributed by atoms with Crippen molar-refractivity contribution in [2.45, 2.75) is 45.7 Å². The van der Waals surface area contributed by atoms with Crippen LogP contribution in [0.4, 0.5) is 21.6 Å². The van der Waals surface area contributed by atoms with E-state index in [0.717, 1.165) is 73.1 Å². The third kappa shape index (κ3) is 5.62. The average Bonchev–Trinajstić information content (AvgIpc) is 3.55. The summed E-state index contributed by atoms with van der Waals surface area (Å²) in [6.45, 7) is 11.0. The lowest BCUT2D eigenvalue weighted by Crippen LogP contribution is -2.59. The van der Waals surface area contributed by atoms with Crippen LogP contribution >= 0.6 is 11.3 Å². The summed E-state index contributed by atoms with van der Waals surface area (Å²) in [4.78, 5) is 50.3. The second-order valence-electron chi connectivity index (χ2n) is 14.4. The summed E-state index contributed by atoms with van der Waals surface area (Å²) in [5.74, 6) is -0.187. The molecule has 4 aromatic heterocycles. The predicted octanol–water partition coefficient (Wildman–Crippen LogP) is 4.94. The molecule has 0 amide bonds. The monoisotopic (exact) mass is 695 g/mol. The molecule has 0 radical (unpaired) electrons. The summed E-state index contributed by atoms with van der Waals surface area (Å²) in [6.07, 6.45) is 7.30. The number of pyridine rings is 2. The molecule has 6 heterocycles. The molecule has 0 spiro atoms. The summed E-state index contributed by atoms with van der Waals surface area (Å²) in [5, 5.41) is 8.36. The van der Waals surface area contributed by atoms with Gasteiger partial charge in [-0.2, -0.15) is 9.78 Å². The van der Waals surface area contributed by atoms with E-state index in [1.54, 1.807) is 25.5 Å². The van der Waals surface area contributed by atoms with Gasteiger partial charge in [0, 0.05) is 66.4 Å². The zero-order chi connectivity index (χ0) is 34.9. The number of rotatable bonds is 7. The zero-order valence-electron chi connectivity index (χ0n) is 28.4. The zero-order valence-corrected chi connectivity index (χ0v) is 29.2. The molecule has 1 N–H and O–H groups in total. The maximum absolute atomic E-state index is 15.3. The normalized spacial score (nSPS) is 19.1. The highest BCUT2D eigenvalue weighted by atomic mass is 32.1. The summed E-state index contributed by atoms with van der Waals surface area (Å²) in [5.41, 5.74) is 2.47. The number of anilines is 3. The summed E-state index contributed by atoms with van der Waals surface area (Å²) >= 11 is 1.45. The van der Waals surface area contributed by atoms with Crippen LogP contribution in [0.2, 0.25) is 0 Å². The molecule has 2 aliphatic heterocycles. The minimum absolute atomic E-state index is 0.0347. The maximum atomic E-state index is 15.3. The van der Waals surface area contributed by atoms with Crippen LogP contribution in [0.5, 0.6) is 0 Å². The molecular formula is C37H38FN7O4S. The van der Waals surface area contributed by atoms with Crippen LogP contribution in [0.15, 0.2) is 58.5 Å². The fourth-order valence-electron chi connectivity index (χ4n) is 7.56. The van der Waals surface area contributed by atoms with Gasteiger partial charge in [0.15, 0.2) is 6.29 Å². The fourth-order valence-corrected chi connectivity index (χ4v) is 9.04. The number of aromatic nitrogens is 4. The summed E-state index contributed by atoms with van der Waals surface area (Å²) in [7, 11) is 1.59. The van der Waals surface area contributed by atoms with Crippen molar-refractivity contribution in [2.24, 2.45) is 12.5 Å². The van der Waals surface area contributed by atoms with E-state index in [-0.39, 0.29) is 33.5 Å². The molecule has 0 saturated carbocycles. The van der Waals surface area contributed by atoms with Crippen molar-refractivity contribution in [3.8, 4) is 16.8 Å². The lowest BCUT2D eigenvalue weighted by atomic mass is 9.90. The van der Waals surface area contributed by atoms with Crippen LogP contribution in [-0.2, 0) is 24.6 Å². The first-order chi connectivity index (χ1) is 24.0. The van der Waals surface area contributed by atoms with E-state index < -0.39 is 11.4 Å². The second-order valence-corrected chi connectivity index (χ2v) is 15.5. The quantitative estimate of drug-likeness (QED) is 0.237. The molecule has 0 bridgehead atoms. The Morgan fingerprint density at radius 2 is 1.90 bits per heavy atom. The van der Waals surface area contributed by atoms with Crippen molar-refractivity contribution < 1.29 is 13.9 Å². The fraction of sp³-hybridized carbons (Fsp3) is 0.378. The molecular weight excluding hydrogens is 658 g/mol. The number of benzene rings is 1. The number of hydrogen-bond donors (Lipinski definition) is 1. The standard InChI is InChI=1S/C37H38FN7O4S/c1-21-16-43(25-19-49-20-25)7-8-44(21)24-5-6-33(39-14-24)41-30-9-22(17-42(4)35(30)47)26-10-23(38)11-31(29(26)18-46)45-36(48)34-28(15-40-45)27-12-37(2,3)13-32(27)50-34/h5-6,9-11,14-15,17-18,21,25H,7-8,12-13,16,19-20H2,1-4H3,(H,39,41)/t21-/m0/s1. The first-order valence-corrected chi connectivity index (χ1v) is 17.7. The molecule has 5 aromatic rings. The molecule has 2 fully saturated rings. The molecule has 1 aromatic carbocycles. The van der Waals surface area contributed by atoms with Gasteiger partial charge in [-0.05, 0) is 60.6 Å². The minimum atomic E-state index is -0.651. The minimum Gasteiger partial charge on any atom is -0.378 e. The molecule has 0 unspecified atom stereocenters. The Morgan fingerprint density at radius 3 is 2.60 bits per heavy atom. The number of hydrogen-bond acceptors (Lipinski definition) is 10. The number of fused-ring (bicyclic) bond motifs is 3. The van der Waals surface area contributed by atoms with Crippen LogP contribution in [0, 0.1) is 11.2 Å². The number of piperazine rings is 1. The number of carbonyl (C=O) groups excluding carboxylic acids is 1. The van der Waals surface area contributed by atoms with E-state index >= 15 is 4.39 Å². The van der Waals surface area contributed by atoms with Gasteiger partial charge in [-0.3, -0.25) is 19.3 Å². The predicted molar refractivity (Wildman–Crippen MR) is 193 cm³/mol. The van der Waals surface area contributed by atoms with E-state index in [1.165, 1.54) is 33.0 Å². The highest BCUT2D eigenvalue weighted by molar-refractivity contribution is 7.19. The van der Waals surface area contributed by atoms with Gasteiger partial charge in [0.25, 0.3) is 11.1 Å². The third-order valence-electron chi connectivity index (χ3n) is 10.2. The molecule has 50 heavy (non-hydrogen) atoms. The number of ether oxygens (including phenoxy) is 1. The van der Waals surface area contributed by atoms with E-state index in [9.17, 15) is 14.4 Å². The van der Waals surface area contributed by atoms with Gasteiger partial charge < -0.3 is 19.5 Å². The number of aldehydes is 1. The van der Waals surface area contributed by atoms with Gasteiger partial charge in [-0.15, -0.1) is 11.3 Å². The van der Waals surface area contributed by atoms with Crippen molar-refractivity contribution in [2.75, 3.05) is 43.1 Å². The Bertz CT molecular complexity index is 2280. The molecule has 2 saturated heterocycles. The van der Waals surface area contributed by atoms with Gasteiger partial charge in [-0.25, -0.2) is 9.37 Å². The van der Waals surface area contributed by atoms with Crippen LogP contribution in [0.3, 0.4) is 0 Å². The van der Waals surface area contributed by atoms with Crippen LogP contribution in [0.1, 0.15) is 41.6 Å². The van der Waals surface area contributed by atoms with E-state index in [4.69, 9.17) is 4.74 Å². The number of carbonyl (C=O) groups is 1. The van der Waals surface area contributed by atoms with Gasteiger partial charge >= 0.3 is 0 Å². The SMILES string of the molecule is C[C@H]1CN(C2COC2)CCN1c1ccc(Nc2cc(-c3cc(F)cc(-n4ncc5c6c(sc5c4=O)CC(C)(C)C6)c3C=O)cn(C)c2=O)nc1. The summed E-state index contributed by atoms with van der Waals surface area (Å²) < 4.78 is 23.7. The van der Waals surface area contributed by atoms with Crippen LogP contribution < -0.4 is 21.3 Å². The van der Waals surface area contributed by atoms with Crippen LogP contribution in [-0.4, -0.2) is 75.4 Å². The Kier molecular flexibility index (Phi) is 7.96. The lowest BCUT2D eigenvalue weighted by Gasteiger charge is -2.46. The van der Waals surface area contributed by atoms with E-state index in [0.29, 0.717) is 34.5 Å². The average molecular weight is 696 g/mol. The molecule has 1 aliphatic carbocycles. The molecule has 1 atom stereocenters. The van der Waals surface area contributed by atoms with Gasteiger partial charge in [-0.1, -0.05) is 13.8 Å². The highest BCUT2D eigenvalue weighted by Crippen LogP contribution is 2.44.